The molecule has 1 heterocycles. The molecule has 1 aliphatic rings. The number of carbonyl (C=O) groups is 1. The smallest absolute Gasteiger partial charge is 0.393 e. The largest absolute Gasteiger partial charge is 0.481 e. The van der Waals surface area contributed by atoms with Gasteiger partial charge in [0.05, 0.1) is 11.8 Å². The maximum absolute atomic E-state index is 12.8. The van der Waals surface area contributed by atoms with Crippen molar-refractivity contribution in [2.45, 2.75) is 19.5 Å². The van der Waals surface area contributed by atoms with Gasteiger partial charge < -0.3 is 5.11 Å². The highest BCUT2D eigenvalue weighted by Gasteiger charge is 2.55. The summed E-state index contributed by atoms with van der Waals surface area (Å²) in [5, 5.41) is 8.84. The SMILES string of the molecule is CCCN(C)S(=O)(=O)N1C[C@@H](C(F)(F)F)[C@H](C(=O)O)C1. The van der Waals surface area contributed by atoms with Crippen molar-refractivity contribution >= 4 is 16.2 Å². The molecule has 20 heavy (non-hydrogen) atoms. The Morgan fingerprint density at radius 1 is 1.40 bits per heavy atom. The normalized spacial score (nSPS) is 25.3. The molecule has 2 atom stereocenters. The minimum atomic E-state index is -4.74. The van der Waals surface area contributed by atoms with Gasteiger partial charge in [-0.25, -0.2) is 0 Å². The van der Waals surface area contributed by atoms with Crippen molar-refractivity contribution < 1.29 is 31.5 Å². The molecule has 0 bridgehead atoms. The second kappa shape index (κ2) is 5.86. The molecular formula is C10H17F3N2O4S. The summed E-state index contributed by atoms with van der Waals surface area (Å²) in [7, 11) is -2.80. The number of hydrogen-bond acceptors (Lipinski definition) is 3. The zero-order valence-electron chi connectivity index (χ0n) is 11.1. The third-order valence-corrected chi connectivity index (χ3v) is 5.20. The highest BCUT2D eigenvalue weighted by atomic mass is 32.2. The summed E-state index contributed by atoms with van der Waals surface area (Å²) in [6, 6.07) is 0. The third-order valence-electron chi connectivity index (χ3n) is 3.28. The van der Waals surface area contributed by atoms with Gasteiger partial charge in [0.1, 0.15) is 0 Å². The van der Waals surface area contributed by atoms with E-state index in [1.54, 1.807) is 6.92 Å². The number of rotatable bonds is 5. The van der Waals surface area contributed by atoms with Crippen molar-refractivity contribution in [2.24, 2.45) is 11.8 Å². The molecule has 1 fully saturated rings. The highest BCUT2D eigenvalue weighted by molar-refractivity contribution is 7.86. The lowest BCUT2D eigenvalue weighted by Crippen LogP contribution is -2.41. The predicted octanol–water partition coefficient (Wildman–Crippen LogP) is 0.768. The molecule has 1 rings (SSSR count). The van der Waals surface area contributed by atoms with E-state index in [0.29, 0.717) is 10.7 Å². The van der Waals surface area contributed by atoms with Crippen LogP contribution in [-0.4, -0.2) is 61.0 Å². The van der Waals surface area contributed by atoms with Crippen LogP contribution in [0.5, 0.6) is 0 Å². The quantitative estimate of drug-likeness (QED) is 0.812. The fourth-order valence-corrected chi connectivity index (χ4v) is 3.67. The summed E-state index contributed by atoms with van der Waals surface area (Å²) in [6.45, 7) is 0.384. The van der Waals surface area contributed by atoms with Crippen molar-refractivity contribution in [3.63, 3.8) is 0 Å². The number of halogens is 3. The summed E-state index contributed by atoms with van der Waals surface area (Å²) in [5.41, 5.74) is 0. The van der Waals surface area contributed by atoms with E-state index in [0.717, 1.165) is 4.31 Å². The Morgan fingerprint density at radius 2 is 1.95 bits per heavy atom. The summed E-state index contributed by atoms with van der Waals surface area (Å²) >= 11 is 0. The van der Waals surface area contributed by atoms with Crippen LogP contribution >= 0.6 is 0 Å². The van der Waals surface area contributed by atoms with E-state index in [4.69, 9.17) is 5.11 Å². The molecule has 0 saturated carbocycles. The maximum atomic E-state index is 12.8. The van der Waals surface area contributed by atoms with Gasteiger partial charge in [0.2, 0.25) is 0 Å². The number of carboxylic acids is 1. The molecular weight excluding hydrogens is 301 g/mol. The van der Waals surface area contributed by atoms with Crippen LogP contribution in [-0.2, 0) is 15.0 Å². The number of aliphatic carboxylic acids is 1. The van der Waals surface area contributed by atoms with Gasteiger partial charge in [0.15, 0.2) is 0 Å². The van der Waals surface area contributed by atoms with Crippen LogP contribution in [0.15, 0.2) is 0 Å². The molecule has 1 saturated heterocycles. The van der Waals surface area contributed by atoms with Crippen molar-refractivity contribution in [3.8, 4) is 0 Å². The average Bonchev–Trinajstić information content (AvgIpc) is 2.74. The number of hydrogen-bond donors (Lipinski definition) is 1. The fourth-order valence-electron chi connectivity index (χ4n) is 2.17. The minimum Gasteiger partial charge on any atom is -0.481 e. The predicted molar refractivity (Wildman–Crippen MR) is 64.1 cm³/mol. The Labute approximate surface area is 115 Å². The third kappa shape index (κ3) is 3.41. The molecule has 6 nitrogen and oxygen atoms in total. The first-order valence-corrected chi connectivity index (χ1v) is 7.42. The number of nitrogens with zero attached hydrogens (tertiary/aromatic N) is 2. The van der Waals surface area contributed by atoms with Crippen LogP contribution in [0.3, 0.4) is 0 Å². The minimum absolute atomic E-state index is 0.160. The standard InChI is InChI=1S/C10H17F3N2O4S/c1-3-4-14(2)20(18,19)15-5-7(9(16)17)8(6-15)10(11,12)13/h7-8H,3-6H2,1-2H3,(H,16,17)/t7-,8-/m1/s1. The summed E-state index contributed by atoms with van der Waals surface area (Å²) in [5.74, 6) is -5.58. The summed E-state index contributed by atoms with van der Waals surface area (Å²) < 4.78 is 64.0. The van der Waals surface area contributed by atoms with Gasteiger partial charge in [-0.2, -0.15) is 30.2 Å². The highest BCUT2D eigenvalue weighted by Crippen LogP contribution is 2.38. The summed E-state index contributed by atoms with van der Waals surface area (Å²) in [6.07, 6.45) is -4.23. The zero-order valence-corrected chi connectivity index (χ0v) is 11.9. The van der Waals surface area contributed by atoms with E-state index >= 15 is 0 Å². The molecule has 118 valence electrons. The Hall–Kier alpha value is -0.870. The lowest BCUT2D eigenvalue weighted by atomic mass is 9.96. The van der Waals surface area contributed by atoms with Crippen LogP contribution in [0.25, 0.3) is 0 Å². The van der Waals surface area contributed by atoms with E-state index in [1.165, 1.54) is 7.05 Å². The Kier molecular flexibility index (Phi) is 5.03. The molecule has 0 aliphatic carbocycles. The van der Waals surface area contributed by atoms with Gasteiger partial charge >= 0.3 is 12.1 Å². The van der Waals surface area contributed by atoms with Gasteiger partial charge in [0.25, 0.3) is 10.2 Å². The van der Waals surface area contributed by atoms with E-state index in [9.17, 15) is 26.4 Å². The van der Waals surface area contributed by atoms with Crippen LogP contribution in [0, 0.1) is 11.8 Å². The topological polar surface area (TPSA) is 77.9 Å². The Balaban J connectivity index is 2.99. The summed E-state index contributed by atoms with van der Waals surface area (Å²) in [4.78, 5) is 10.9. The second-order valence-electron chi connectivity index (χ2n) is 4.74. The first-order valence-electron chi connectivity index (χ1n) is 6.02. The lowest BCUT2D eigenvalue weighted by molar-refractivity contribution is -0.187. The molecule has 0 spiro atoms. The molecule has 0 aromatic heterocycles. The van der Waals surface area contributed by atoms with Gasteiger partial charge in [0, 0.05) is 26.7 Å². The fraction of sp³-hybridized carbons (Fsp3) is 0.900. The molecule has 1 N–H and O–H groups in total. The van der Waals surface area contributed by atoms with Crippen LogP contribution in [0.4, 0.5) is 13.2 Å². The molecule has 1 aliphatic heterocycles. The molecule has 0 amide bonds. The number of carboxylic acid groups (broad SMARTS) is 1. The van der Waals surface area contributed by atoms with Crippen LogP contribution < -0.4 is 0 Å². The number of alkyl halides is 3. The van der Waals surface area contributed by atoms with Gasteiger partial charge in [-0.15, -0.1) is 0 Å². The molecule has 0 radical (unpaired) electrons. The lowest BCUT2D eigenvalue weighted by Gasteiger charge is -2.23. The van der Waals surface area contributed by atoms with E-state index in [2.05, 4.69) is 0 Å². The monoisotopic (exact) mass is 318 g/mol. The van der Waals surface area contributed by atoms with Crippen molar-refractivity contribution in [1.29, 1.82) is 0 Å². The van der Waals surface area contributed by atoms with Crippen LogP contribution in [0.2, 0.25) is 0 Å². The van der Waals surface area contributed by atoms with Crippen LogP contribution in [0.1, 0.15) is 13.3 Å². The Bertz CT molecular complexity index is 466. The zero-order chi connectivity index (χ0) is 15.7. The van der Waals surface area contributed by atoms with E-state index in [-0.39, 0.29) is 6.54 Å². The van der Waals surface area contributed by atoms with Crippen molar-refractivity contribution in [1.82, 2.24) is 8.61 Å². The second-order valence-corrected chi connectivity index (χ2v) is 6.77. The van der Waals surface area contributed by atoms with Gasteiger partial charge in [-0.3, -0.25) is 4.79 Å². The van der Waals surface area contributed by atoms with Crippen molar-refractivity contribution in [3.05, 3.63) is 0 Å². The van der Waals surface area contributed by atoms with E-state index < -0.39 is 47.3 Å². The van der Waals surface area contributed by atoms with E-state index in [1.807, 2.05) is 0 Å². The average molecular weight is 318 g/mol. The molecule has 0 unspecified atom stereocenters. The van der Waals surface area contributed by atoms with Gasteiger partial charge in [-0.1, -0.05) is 6.92 Å². The first kappa shape index (κ1) is 17.2. The molecule has 0 aromatic carbocycles. The first-order chi connectivity index (χ1) is 9.01. The van der Waals surface area contributed by atoms with Gasteiger partial charge in [-0.05, 0) is 6.42 Å². The van der Waals surface area contributed by atoms with Crippen molar-refractivity contribution in [2.75, 3.05) is 26.7 Å². The molecule has 10 heteroatoms. The maximum Gasteiger partial charge on any atom is 0.393 e. The Morgan fingerprint density at radius 3 is 2.30 bits per heavy atom. The molecule has 0 aromatic rings.